The summed E-state index contributed by atoms with van der Waals surface area (Å²) in [4.78, 5) is 2.56. The van der Waals surface area contributed by atoms with Crippen molar-refractivity contribution in [1.82, 2.24) is 10.2 Å². The molecule has 0 aromatic heterocycles. The van der Waals surface area contributed by atoms with Crippen LogP contribution in [0.3, 0.4) is 0 Å². The molecule has 0 heterocycles. The van der Waals surface area contributed by atoms with Crippen LogP contribution in [-0.4, -0.2) is 30.6 Å². The van der Waals surface area contributed by atoms with E-state index in [1.54, 1.807) is 0 Å². The van der Waals surface area contributed by atoms with Crippen molar-refractivity contribution in [3.63, 3.8) is 0 Å². The minimum atomic E-state index is 0.499. The van der Waals surface area contributed by atoms with Gasteiger partial charge in [0.05, 0.1) is 0 Å². The fourth-order valence-corrected chi connectivity index (χ4v) is 3.20. The van der Waals surface area contributed by atoms with Crippen LogP contribution in [0.1, 0.15) is 51.6 Å². The molecule has 0 bridgehead atoms. The first-order valence-electron chi connectivity index (χ1n) is 8.32. The van der Waals surface area contributed by atoms with Crippen LogP contribution < -0.4 is 5.32 Å². The number of benzene rings is 1. The van der Waals surface area contributed by atoms with Gasteiger partial charge < -0.3 is 5.32 Å². The summed E-state index contributed by atoms with van der Waals surface area (Å²) in [6.45, 7) is 10.1. The highest BCUT2D eigenvalue weighted by Gasteiger charge is 2.30. The number of nitrogens with one attached hydrogen (secondary N) is 1. The number of rotatable bonds is 9. The highest BCUT2D eigenvalue weighted by atomic mass is 15.2. The summed E-state index contributed by atoms with van der Waals surface area (Å²) in [6, 6.07) is 12.2. The quantitative estimate of drug-likeness (QED) is 0.736. The van der Waals surface area contributed by atoms with E-state index in [-0.39, 0.29) is 0 Å². The Kier molecular flexibility index (Phi) is 6.06. The summed E-state index contributed by atoms with van der Waals surface area (Å²) >= 11 is 0. The third-order valence-electron chi connectivity index (χ3n) is 4.64. The SMILES string of the molecule is CCC(NCC(c1ccccc1)N(CC)CC)C1CC1. The Bertz CT molecular complexity index is 368. The highest BCUT2D eigenvalue weighted by molar-refractivity contribution is 5.19. The van der Waals surface area contributed by atoms with Crippen molar-refractivity contribution < 1.29 is 0 Å². The zero-order chi connectivity index (χ0) is 14.4. The first-order valence-corrected chi connectivity index (χ1v) is 8.32. The van der Waals surface area contributed by atoms with Gasteiger partial charge in [-0.1, -0.05) is 51.1 Å². The molecule has 1 aromatic rings. The van der Waals surface area contributed by atoms with Crippen LogP contribution in [0.25, 0.3) is 0 Å². The monoisotopic (exact) mass is 274 g/mol. The molecule has 1 N–H and O–H groups in total. The van der Waals surface area contributed by atoms with Crippen molar-refractivity contribution >= 4 is 0 Å². The fraction of sp³-hybridized carbons (Fsp3) is 0.667. The summed E-state index contributed by atoms with van der Waals surface area (Å²) in [5.41, 5.74) is 1.44. The lowest BCUT2D eigenvalue weighted by atomic mass is 10.0. The second-order valence-corrected chi connectivity index (χ2v) is 5.91. The Morgan fingerprint density at radius 2 is 1.75 bits per heavy atom. The van der Waals surface area contributed by atoms with Crippen LogP contribution in [0.5, 0.6) is 0 Å². The maximum Gasteiger partial charge on any atom is 0.0472 e. The molecule has 2 heteroatoms. The molecule has 1 saturated carbocycles. The van der Waals surface area contributed by atoms with Gasteiger partial charge in [0.1, 0.15) is 0 Å². The smallest absolute Gasteiger partial charge is 0.0472 e. The number of likely N-dealkylation sites (N-methyl/N-ethyl adjacent to an activating group) is 1. The summed E-state index contributed by atoms with van der Waals surface area (Å²) in [7, 11) is 0. The van der Waals surface area contributed by atoms with Gasteiger partial charge in [0, 0.05) is 18.6 Å². The van der Waals surface area contributed by atoms with Gasteiger partial charge >= 0.3 is 0 Å². The zero-order valence-electron chi connectivity index (χ0n) is 13.3. The Morgan fingerprint density at radius 1 is 1.10 bits per heavy atom. The Hall–Kier alpha value is -0.860. The van der Waals surface area contributed by atoms with E-state index in [1.165, 1.54) is 24.8 Å². The standard InChI is InChI=1S/C18H30N2/c1-4-17(15-12-13-15)19-14-18(20(5-2)6-3)16-10-8-7-9-11-16/h7-11,15,17-19H,4-6,12-14H2,1-3H3. The second-order valence-electron chi connectivity index (χ2n) is 5.91. The zero-order valence-corrected chi connectivity index (χ0v) is 13.3. The molecule has 1 aliphatic carbocycles. The maximum atomic E-state index is 3.84. The Balaban J connectivity index is 2.02. The first-order chi connectivity index (χ1) is 9.80. The maximum absolute atomic E-state index is 3.84. The molecule has 0 saturated heterocycles. The minimum Gasteiger partial charge on any atom is -0.312 e. The predicted molar refractivity (Wildman–Crippen MR) is 86.9 cm³/mol. The van der Waals surface area contributed by atoms with Gasteiger partial charge in [0.15, 0.2) is 0 Å². The molecule has 112 valence electrons. The van der Waals surface area contributed by atoms with Gasteiger partial charge in [0.2, 0.25) is 0 Å². The van der Waals surface area contributed by atoms with Crippen LogP contribution in [0.15, 0.2) is 30.3 Å². The van der Waals surface area contributed by atoms with Gasteiger partial charge in [-0.05, 0) is 43.8 Å². The highest BCUT2D eigenvalue weighted by Crippen LogP contribution is 2.34. The van der Waals surface area contributed by atoms with E-state index >= 15 is 0 Å². The van der Waals surface area contributed by atoms with Crippen LogP contribution in [0.4, 0.5) is 0 Å². The number of hydrogen-bond acceptors (Lipinski definition) is 2. The van der Waals surface area contributed by atoms with Gasteiger partial charge in [-0.3, -0.25) is 4.90 Å². The lowest BCUT2D eigenvalue weighted by molar-refractivity contribution is 0.205. The molecule has 2 nitrogen and oxygen atoms in total. The number of nitrogens with zero attached hydrogens (tertiary/aromatic N) is 1. The molecule has 0 amide bonds. The van der Waals surface area contributed by atoms with Gasteiger partial charge in [0.25, 0.3) is 0 Å². The summed E-state index contributed by atoms with van der Waals surface area (Å²) in [5.74, 6) is 0.938. The van der Waals surface area contributed by atoms with Crippen LogP contribution in [0.2, 0.25) is 0 Å². The van der Waals surface area contributed by atoms with Crippen molar-refractivity contribution in [2.45, 2.75) is 52.1 Å². The molecule has 0 aliphatic heterocycles. The van der Waals surface area contributed by atoms with E-state index < -0.39 is 0 Å². The Morgan fingerprint density at radius 3 is 2.25 bits per heavy atom. The summed E-state index contributed by atoms with van der Waals surface area (Å²) < 4.78 is 0. The van der Waals surface area contributed by atoms with Crippen molar-refractivity contribution in [1.29, 1.82) is 0 Å². The lowest BCUT2D eigenvalue weighted by Gasteiger charge is -2.32. The minimum absolute atomic E-state index is 0.499. The molecule has 2 unspecified atom stereocenters. The molecule has 20 heavy (non-hydrogen) atoms. The average Bonchev–Trinajstić information content (AvgIpc) is 3.33. The molecular weight excluding hydrogens is 244 g/mol. The lowest BCUT2D eigenvalue weighted by Crippen LogP contribution is -2.40. The van der Waals surface area contributed by atoms with E-state index in [4.69, 9.17) is 0 Å². The third-order valence-corrected chi connectivity index (χ3v) is 4.64. The molecular formula is C18H30N2. The molecule has 0 spiro atoms. The van der Waals surface area contributed by atoms with E-state index in [2.05, 4.69) is 61.3 Å². The first kappa shape index (κ1) is 15.5. The second kappa shape index (κ2) is 7.80. The van der Waals surface area contributed by atoms with Gasteiger partial charge in [-0.15, -0.1) is 0 Å². The summed E-state index contributed by atoms with van der Waals surface area (Å²) in [5, 5.41) is 3.84. The summed E-state index contributed by atoms with van der Waals surface area (Å²) in [6.07, 6.45) is 4.10. The van der Waals surface area contributed by atoms with Crippen LogP contribution >= 0.6 is 0 Å². The van der Waals surface area contributed by atoms with Crippen LogP contribution in [-0.2, 0) is 0 Å². The van der Waals surface area contributed by atoms with Crippen molar-refractivity contribution in [2.24, 2.45) is 5.92 Å². The van der Waals surface area contributed by atoms with Gasteiger partial charge in [-0.2, -0.15) is 0 Å². The van der Waals surface area contributed by atoms with Crippen molar-refractivity contribution in [2.75, 3.05) is 19.6 Å². The van der Waals surface area contributed by atoms with E-state index in [0.717, 1.165) is 31.6 Å². The average molecular weight is 274 g/mol. The Labute approximate surface area is 124 Å². The van der Waals surface area contributed by atoms with E-state index in [9.17, 15) is 0 Å². The molecule has 0 radical (unpaired) electrons. The van der Waals surface area contributed by atoms with E-state index in [1.807, 2.05) is 0 Å². The van der Waals surface area contributed by atoms with Gasteiger partial charge in [-0.25, -0.2) is 0 Å². The normalized spacial score (nSPS) is 18.2. The van der Waals surface area contributed by atoms with Crippen molar-refractivity contribution in [3.05, 3.63) is 35.9 Å². The molecule has 2 rings (SSSR count). The molecule has 2 atom stereocenters. The topological polar surface area (TPSA) is 15.3 Å². The van der Waals surface area contributed by atoms with Crippen LogP contribution in [0, 0.1) is 5.92 Å². The predicted octanol–water partition coefficient (Wildman–Crippen LogP) is 3.85. The number of hydrogen-bond donors (Lipinski definition) is 1. The third kappa shape index (κ3) is 4.07. The van der Waals surface area contributed by atoms with Crippen molar-refractivity contribution in [3.8, 4) is 0 Å². The fourth-order valence-electron chi connectivity index (χ4n) is 3.20. The largest absolute Gasteiger partial charge is 0.312 e. The molecule has 1 aromatic carbocycles. The molecule has 1 aliphatic rings. The molecule has 1 fully saturated rings. The van der Waals surface area contributed by atoms with E-state index in [0.29, 0.717) is 6.04 Å².